The molecule has 86 valence electrons. The fourth-order valence-electron chi connectivity index (χ4n) is 1.58. The quantitative estimate of drug-likeness (QED) is 0.742. The van der Waals surface area contributed by atoms with E-state index in [0.29, 0.717) is 17.2 Å². The molecule has 0 aliphatic carbocycles. The van der Waals surface area contributed by atoms with Gasteiger partial charge in [-0.3, -0.25) is 0 Å². The molecule has 0 saturated heterocycles. The first-order chi connectivity index (χ1) is 8.15. The van der Waals surface area contributed by atoms with Gasteiger partial charge < -0.3 is 10.2 Å². The molecule has 0 unspecified atom stereocenters. The summed E-state index contributed by atoms with van der Waals surface area (Å²) in [5, 5.41) is 4.17. The van der Waals surface area contributed by atoms with Crippen LogP contribution < -0.4 is 5.73 Å². The van der Waals surface area contributed by atoms with Crippen LogP contribution in [0.3, 0.4) is 0 Å². The predicted molar refractivity (Wildman–Crippen MR) is 65.3 cm³/mol. The monoisotopic (exact) mass is 293 g/mol. The Morgan fingerprint density at radius 2 is 2.18 bits per heavy atom. The summed E-state index contributed by atoms with van der Waals surface area (Å²) in [5.41, 5.74) is 6.28. The van der Waals surface area contributed by atoms with Gasteiger partial charge in [0.1, 0.15) is 5.76 Å². The molecule has 0 fully saturated rings. The third-order valence-corrected chi connectivity index (χ3v) is 2.86. The Hall–Kier alpha value is -1.89. The van der Waals surface area contributed by atoms with Gasteiger partial charge in [0.25, 0.3) is 0 Å². The summed E-state index contributed by atoms with van der Waals surface area (Å²) in [6, 6.07) is 3.68. The summed E-state index contributed by atoms with van der Waals surface area (Å²) in [6.07, 6.45) is 1.64. The van der Waals surface area contributed by atoms with Gasteiger partial charge in [0.15, 0.2) is 11.4 Å². The molecule has 3 aromatic rings. The molecule has 0 atom stereocenters. The van der Waals surface area contributed by atoms with Gasteiger partial charge in [-0.25, -0.2) is 0 Å². The summed E-state index contributed by atoms with van der Waals surface area (Å²) < 4.78 is 7.86. The van der Waals surface area contributed by atoms with Crippen molar-refractivity contribution in [2.45, 2.75) is 6.92 Å². The maximum atomic E-state index is 5.67. The maximum Gasteiger partial charge on any atom is 0.224 e. The average Bonchev–Trinajstić information content (AvgIpc) is 2.86. The van der Waals surface area contributed by atoms with E-state index in [0.717, 1.165) is 10.2 Å². The summed E-state index contributed by atoms with van der Waals surface area (Å²) in [4.78, 5) is 8.26. The highest BCUT2D eigenvalue weighted by Gasteiger charge is 2.14. The van der Waals surface area contributed by atoms with E-state index < -0.39 is 0 Å². The van der Waals surface area contributed by atoms with Crippen LogP contribution in [0.15, 0.2) is 27.2 Å². The molecule has 6 nitrogen and oxygen atoms in total. The Kier molecular flexibility index (Phi) is 2.15. The van der Waals surface area contributed by atoms with Crippen molar-refractivity contribution in [2.75, 3.05) is 5.73 Å². The molecule has 2 N–H and O–H groups in total. The predicted octanol–water partition coefficient (Wildman–Crippen LogP) is 2.04. The summed E-state index contributed by atoms with van der Waals surface area (Å²) >= 11 is 3.35. The second-order valence-corrected chi connectivity index (χ2v) is 4.40. The number of hydrogen-bond acceptors (Lipinski definition) is 5. The molecule has 3 aromatic heterocycles. The highest BCUT2D eigenvalue weighted by molar-refractivity contribution is 9.10. The zero-order valence-corrected chi connectivity index (χ0v) is 10.5. The van der Waals surface area contributed by atoms with Gasteiger partial charge in [-0.05, 0) is 35.0 Å². The minimum Gasteiger partial charge on any atom is -0.458 e. The molecule has 0 aromatic carbocycles. The van der Waals surface area contributed by atoms with E-state index in [1.165, 1.54) is 0 Å². The van der Waals surface area contributed by atoms with Crippen LogP contribution in [0.2, 0.25) is 0 Å². The molecule has 0 aliphatic heterocycles. The van der Waals surface area contributed by atoms with E-state index in [9.17, 15) is 0 Å². The van der Waals surface area contributed by atoms with Crippen LogP contribution in [0.25, 0.3) is 17.2 Å². The van der Waals surface area contributed by atoms with Crippen molar-refractivity contribution in [3.8, 4) is 11.6 Å². The molecule has 0 saturated carbocycles. The van der Waals surface area contributed by atoms with Gasteiger partial charge in [0.05, 0.1) is 10.7 Å². The normalized spacial score (nSPS) is 11.2. The lowest BCUT2D eigenvalue weighted by Gasteiger charge is -2.01. The number of nitrogens with two attached hydrogens (primary N) is 1. The number of hydrogen-bond donors (Lipinski definition) is 1. The Morgan fingerprint density at radius 3 is 2.88 bits per heavy atom. The van der Waals surface area contributed by atoms with E-state index in [2.05, 4.69) is 31.0 Å². The lowest BCUT2D eigenvalue weighted by molar-refractivity contribution is 0.541. The molecule has 3 rings (SSSR count). The molecule has 7 heteroatoms. The highest BCUT2D eigenvalue weighted by Crippen LogP contribution is 2.24. The molecular formula is C10H8BrN5O. The fourth-order valence-corrected chi connectivity index (χ4v) is 1.93. The molecule has 3 heterocycles. The van der Waals surface area contributed by atoms with Crippen LogP contribution in [0.1, 0.15) is 5.76 Å². The lowest BCUT2D eigenvalue weighted by atomic mass is 10.4. The first-order valence-electron chi connectivity index (χ1n) is 4.89. The van der Waals surface area contributed by atoms with Gasteiger partial charge in [0, 0.05) is 0 Å². The smallest absolute Gasteiger partial charge is 0.224 e. The van der Waals surface area contributed by atoms with E-state index in [4.69, 9.17) is 10.2 Å². The third kappa shape index (κ3) is 1.59. The van der Waals surface area contributed by atoms with Gasteiger partial charge >= 0.3 is 0 Å². The van der Waals surface area contributed by atoms with E-state index in [1.807, 2.05) is 19.1 Å². The molecule has 17 heavy (non-hydrogen) atoms. The van der Waals surface area contributed by atoms with Crippen LogP contribution in [0, 0.1) is 6.92 Å². The molecular weight excluding hydrogens is 286 g/mol. The van der Waals surface area contributed by atoms with Crippen LogP contribution in [-0.2, 0) is 0 Å². The summed E-state index contributed by atoms with van der Waals surface area (Å²) in [6.45, 7) is 1.87. The summed E-state index contributed by atoms with van der Waals surface area (Å²) in [7, 11) is 0. The van der Waals surface area contributed by atoms with Crippen molar-refractivity contribution in [1.82, 2.24) is 19.6 Å². The minimum atomic E-state index is 0.183. The van der Waals surface area contributed by atoms with Crippen molar-refractivity contribution in [3.05, 3.63) is 28.6 Å². The largest absolute Gasteiger partial charge is 0.458 e. The van der Waals surface area contributed by atoms with Crippen LogP contribution in [0.4, 0.5) is 5.95 Å². The Bertz CT molecular complexity index is 702. The number of nitrogen functional groups attached to an aromatic ring is 1. The second kappa shape index (κ2) is 3.56. The third-order valence-electron chi connectivity index (χ3n) is 2.30. The van der Waals surface area contributed by atoms with Crippen molar-refractivity contribution >= 4 is 27.5 Å². The second-order valence-electron chi connectivity index (χ2n) is 3.54. The first kappa shape index (κ1) is 10.3. The first-order valence-corrected chi connectivity index (χ1v) is 5.68. The SMILES string of the molecule is Cc1ccc(-c2nc(N)nc3c(Br)cnn23)o1. The Balaban J connectivity index is 2.35. The minimum absolute atomic E-state index is 0.183. The fraction of sp³-hybridized carbons (Fsp3) is 0.100. The zero-order valence-electron chi connectivity index (χ0n) is 8.88. The maximum absolute atomic E-state index is 5.67. The van der Waals surface area contributed by atoms with Gasteiger partial charge in [-0.2, -0.15) is 19.6 Å². The Morgan fingerprint density at radius 1 is 1.35 bits per heavy atom. The average molecular weight is 294 g/mol. The topological polar surface area (TPSA) is 82.2 Å². The number of furan rings is 1. The molecule has 0 aliphatic rings. The van der Waals surface area contributed by atoms with E-state index in [1.54, 1.807) is 10.7 Å². The van der Waals surface area contributed by atoms with Crippen molar-refractivity contribution in [1.29, 1.82) is 0 Å². The number of aromatic nitrogens is 4. The molecule has 0 amide bonds. The lowest BCUT2D eigenvalue weighted by Crippen LogP contribution is -2.04. The zero-order chi connectivity index (χ0) is 12.0. The molecule has 0 bridgehead atoms. The van der Waals surface area contributed by atoms with Gasteiger partial charge in [-0.1, -0.05) is 0 Å². The van der Waals surface area contributed by atoms with Crippen LogP contribution >= 0.6 is 15.9 Å². The van der Waals surface area contributed by atoms with Gasteiger partial charge in [-0.15, -0.1) is 0 Å². The number of anilines is 1. The van der Waals surface area contributed by atoms with Crippen molar-refractivity contribution in [2.24, 2.45) is 0 Å². The summed E-state index contributed by atoms with van der Waals surface area (Å²) in [5.74, 6) is 2.13. The number of fused-ring (bicyclic) bond motifs is 1. The number of aryl methyl sites for hydroxylation is 1. The van der Waals surface area contributed by atoms with Crippen LogP contribution in [-0.4, -0.2) is 19.6 Å². The Labute approximate surface area is 105 Å². The highest BCUT2D eigenvalue weighted by atomic mass is 79.9. The van der Waals surface area contributed by atoms with E-state index >= 15 is 0 Å². The standard InChI is InChI=1S/C10H8BrN5O/c1-5-2-3-7(17-5)9-15-10(12)14-8-6(11)4-13-16(8)9/h2-4H,1H3,(H2,12,14). The molecule has 0 spiro atoms. The number of nitrogens with zero attached hydrogens (tertiary/aromatic N) is 4. The van der Waals surface area contributed by atoms with Crippen molar-refractivity contribution < 1.29 is 4.42 Å². The van der Waals surface area contributed by atoms with E-state index in [-0.39, 0.29) is 5.95 Å². The van der Waals surface area contributed by atoms with Gasteiger partial charge in [0.2, 0.25) is 11.8 Å². The van der Waals surface area contributed by atoms with Crippen LogP contribution in [0.5, 0.6) is 0 Å². The molecule has 0 radical (unpaired) electrons. The van der Waals surface area contributed by atoms with Crippen molar-refractivity contribution in [3.63, 3.8) is 0 Å². The number of halogens is 1. The number of rotatable bonds is 1.